The first-order valence-electron chi connectivity index (χ1n) is 4.26. The van der Waals surface area contributed by atoms with Gasteiger partial charge in [0.05, 0.1) is 10.2 Å². The van der Waals surface area contributed by atoms with Crippen molar-refractivity contribution in [2.75, 3.05) is 0 Å². The van der Waals surface area contributed by atoms with Gasteiger partial charge in [-0.05, 0) is 29.6 Å². The third-order valence-electron chi connectivity index (χ3n) is 2.25. The van der Waals surface area contributed by atoms with Gasteiger partial charge in [0.1, 0.15) is 5.82 Å². The fourth-order valence-corrected chi connectivity index (χ4v) is 2.48. The Bertz CT molecular complexity index is 615. The summed E-state index contributed by atoms with van der Waals surface area (Å²) >= 11 is 1.64. The first kappa shape index (κ1) is 7.88. The molecule has 1 nitrogen and oxygen atoms in total. The number of rotatable bonds is 0. The van der Waals surface area contributed by atoms with Crippen molar-refractivity contribution in [1.82, 2.24) is 4.98 Å². The van der Waals surface area contributed by atoms with E-state index < -0.39 is 0 Å². The van der Waals surface area contributed by atoms with Crippen molar-refractivity contribution >= 4 is 32.3 Å². The highest BCUT2D eigenvalue weighted by molar-refractivity contribution is 7.18. The van der Waals surface area contributed by atoms with E-state index in [1.165, 1.54) is 12.1 Å². The molecule has 3 heteroatoms. The van der Waals surface area contributed by atoms with Crippen LogP contribution in [0.1, 0.15) is 0 Å². The fraction of sp³-hybridized carbons (Fsp3) is 0. The minimum Gasteiger partial charge on any atom is -0.255 e. The second-order valence-corrected chi connectivity index (χ2v) is 4.04. The average Bonchev–Trinajstić information content (AvgIpc) is 2.65. The number of halogens is 1. The van der Waals surface area contributed by atoms with Crippen LogP contribution in [-0.4, -0.2) is 4.98 Å². The molecule has 0 saturated heterocycles. The van der Waals surface area contributed by atoms with Crippen molar-refractivity contribution in [3.05, 3.63) is 41.7 Å². The number of hydrogen-bond donors (Lipinski definition) is 0. The van der Waals surface area contributed by atoms with Crippen molar-refractivity contribution in [3.63, 3.8) is 0 Å². The number of benzene rings is 1. The molecule has 1 aromatic carbocycles. The van der Waals surface area contributed by atoms with Crippen molar-refractivity contribution < 1.29 is 4.39 Å². The smallest absolute Gasteiger partial charge is 0.123 e. The molecule has 0 atom stereocenters. The van der Waals surface area contributed by atoms with Gasteiger partial charge < -0.3 is 0 Å². The third-order valence-corrected chi connectivity index (χ3v) is 3.18. The molecule has 0 radical (unpaired) electrons. The highest BCUT2D eigenvalue weighted by Gasteiger charge is 2.03. The maximum atomic E-state index is 12.9. The van der Waals surface area contributed by atoms with Crippen LogP contribution in [0, 0.1) is 5.82 Å². The Morgan fingerprint density at radius 3 is 3.07 bits per heavy atom. The lowest BCUT2D eigenvalue weighted by molar-refractivity contribution is 0.630. The molecular formula is C11H6FNS. The fourth-order valence-electron chi connectivity index (χ4n) is 1.59. The predicted molar refractivity (Wildman–Crippen MR) is 57.1 cm³/mol. The summed E-state index contributed by atoms with van der Waals surface area (Å²) < 4.78 is 14.1. The normalized spacial score (nSPS) is 11.2. The van der Waals surface area contributed by atoms with Crippen molar-refractivity contribution in [2.45, 2.75) is 0 Å². The molecule has 2 heterocycles. The van der Waals surface area contributed by atoms with E-state index in [-0.39, 0.29) is 5.82 Å². The molecule has 0 N–H and O–H groups in total. The molecule has 0 saturated carbocycles. The molecule has 0 spiro atoms. The standard InChI is InChI=1S/C11H6FNS/c12-8-1-2-9-7(5-8)6-13-10-3-4-14-11(9)10/h1-6H. The molecule has 0 bridgehead atoms. The lowest BCUT2D eigenvalue weighted by Gasteiger charge is -1.98. The largest absolute Gasteiger partial charge is 0.255 e. The molecule has 3 aromatic rings. The van der Waals surface area contributed by atoms with E-state index in [2.05, 4.69) is 4.98 Å². The van der Waals surface area contributed by atoms with Crippen LogP contribution in [-0.2, 0) is 0 Å². The highest BCUT2D eigenvalue weighted by Crippen LogP contribution is 2.27. The van der Waals surface area contributed by atoms with Gasteiger partial charge in [-0.25, -0.2) is 4.39 Å². The Morgan fingerprint density at radius 2 is 2.14 bits per heavy atom. The van der Waals surface area contributed by atoms with E-state index in [0.29, 0.717) is 0 Å². The van der Waals surface area contributed by atoms with Crippen molar-refractivity contribution in [1.29, 1.82) is 0 Å². The van der Waals surface area contributed by atoms with Gasteiger partial charge in [0, 0.05) is 17.0 Å². The minimum atomic E-state index is -0.213. The second-order valence-electron chi connectivity index (χ2n) is 3.12. The summed E-state index contributed by atoms with van der Waals surface area (Å²) in [6.07, 6.45) is 1.72. The van der Waals surface area contributed by atoms with Gasteiger partial charge >= 0.3 is 0 Å². The molecule has 68 valence electrons. The topological polar surface area (TPSA) is 12.9 Å². The zero-order chi connectivity index (χ0) is 9.54. The van der Waals surface area contributed by atoms with Crippen LogP contribution in [0.4, 0.5) is 4.39 Å². The zero-order valence-corrected chi connectivity index (χ0v) is 8.01. The van der Waals surface area contributed by atoms with E-state index in [4.69, 9.17) is 0 Å². The molecule has 3 rings (SSSR count). The molecule has 0 fully saturated rings. The van der Waals surface area contributed by atoms with E-state index in [1.807, 2.05) is 17.5 Å². The van der Waals surface area contributed by atoms with Gasteiger partial charge in [-0.15, -0.1) is 11.3 Å². The molecule has 2 aromatic heterocycles. The molecule has 0 aliphatic carbocycles. The summed E-state index contributed by atoms with van der Waals surface area (Å²) in [7, 11) is 0. The van der Waals surface area contributed by atoms with Crippen molar-refractivity contribution in [2.24, 2.45) is 0 Å². The summed E-state index contributed by atoms with van der Waals surface area (Å²) in [4.78, 5) is 4.25. The van der Waals surface area contributed by atoms with Crippen LogP contribution < -0.4 is 0 Å². The zero-order valence-electron chi connectivity index (χ0n) is 7.20. The highest BCUT2D eigenvalue weighted by atomic mass is 32.1. The molecule has 0 amide bonds. The Kier molecular flexibility index (Phi) is 1.55. The maximum Gasteiger partial charge on any atom is 0.123 e. The SMILES string of the molecule is Fc1ccc2c(cnc3ccsc32)c1. The number of nitrogens with zero attached hydrogens (tertiary/aromatic N) is 1. The summed E-state index contributed by atoms with van der Waals surface area (Å²) in [6.45, 7) is 0. The minimum absolute atomic E-state index is 0.213. The molecule has 0 aliphatic heterocycles. The Labute approximate surface area is 83.8 Å². The molecule has 0 aliphatic rings. The number of thiophene rings is 1. The maximum absolute atomic E-state index is 12.9. The van der Waals surface area contributed by atoms with Gasteiger partial charge in [-0.3, -0.25) is 4.98 Å². The quantitative estimate of drug-likeness (QED) is 0.544. The first-order valence-corrected chi connectivity index (χ1v) is 5.14. The van der Waals surface area contributed by atoms with E-state index >= 15 is 0 Å². The van der Waals surface area contributed by atoms with Crippen LogP contribution in [0.3, 0.4) is 0 Å². The summed E-state index contributed by atoms with van der Waals surface area (Å²) in [5.41, 5.74) is 0.981. The monoisotopic (exact) mass is 203 g/mol. The molecular weight excluding hydrogens is 197 g/mol. The summed E-state index contributed by atoms with van der Waals surface area (Å²) in [6, 6.07) is 6.79. The van der Waals surface area contributed by atoms with Crippen LogP contribution in [0.5, 0.6) is 0 Å². The lowest BCUT2D eigenvalue weighted by atomic mass is 10.1. The Morgan fingerprint density at radius 1 is 1.21 bits per heavy atom. The van der Waals surface area contributed by atoms with Crippen LogP contribution in [0.2, 0.25) is 0 Å². The van der Waals surface area contributed by atoms with Crippen LogP contribution >= 0.6 is 11.3 Å². The van der Waals surface area contributed by atoms with Crippen LogP contribution in [0.15, 0.2) is 35.8 Å². The average molecular weight is 203 g/mol. The van der Waals surface area contributed by atoms with Gasteiger partial charge in [0.15, 0.2) is 0 Å². The van der Waals surface area contributed by atoms with Gasteiger partial charge in [-0.1, -0.05) is 0 Å². The number of hydrogen-bond acceptors (Lipinski definition) is 2. The summed E-state index contributed by atoms with van der Waals surface area (Å²) in [5.74, 6) is -0.213. The Balaban J connectivity index is 2.57. The number of fused-ring (bicyclic) bond motifs is 3. The molecule has 0 unspecified atom stereocenters. The van der Waals surface area contributed by atoms with E-state index in [9.17, 15) is 4.39 Å². The van der Waals surface area contributed by atoms with E-state index in [0.717, 1.165) is 21.0 Å². The third kappa shape index (κ3) is 1.02. The first-order chi connectivity index (χ1) is 6.84. The predicted octanol–water partition coefficient (Wildman–Crippen LogP) is 3.59. The van der Waals surface area contributed by atoms with Gasteiger partial charge in [-0.2, -0.15) is 0 Å². The van der Waals surface area contributed by atoms with Gasteiger partial charge in [0.2, 0.25) is 0 Å². The van der Waals surface area contributed by atoms with E-state index in [1.54, 1.807) is 17.5 Å². The van der Waals surface area contributed by atoms with Gasteiger partial charge in [0.25, 0.3) is 0 Å². The number of aromatic nitrogens is 1. The second kappa shape index (κ2) is 2.75. The molecule has 14 heavy (non-hydrogen) atoms. The Hall–Kier alpha value is -1.48. The summed E-state index contributed by atoms with van der Waals surface area (Å²) in [5, 5.41) is 3.94. The number of pyridine rings is 1. The van der Waals surface area contributed by atoms with Crippen LogP contribution in [0.25, 0.3) is 21.0 Å². The lowest BCUT2D eigenvalue weighted by Crippen LogP contribution is -1.79. The van der Waals surface area contributed by atoms with Crippen molar-refractivity contribution in [3.8, 4) is 0 Å².